The van der Waals surface area contributed by atoms with Crippen LogP contribution < -0.4 is 16.4 Å². The second-order valence-corrected chi connectivity index (χ2v) is 11.6. The molecule has 3 aliphatic carbocycles. The number of aromatic hydroxyl groups is 1. The predicted octanol–water partition coefficient (Wildman–Crippen LogP) is 1.70. The number of aryl methyl sites for hydroxylation is 1. The Hall–Kier alpha value is -4.72. The largest absolute Gasteiger partial charge is 0.508 e. The van der Waals surface area contributed by atoms with Crippen molar-refractivity contribution in [3.63, 3.8) is 0 Å². The Morgan fingerprint density at radius 3 is 2.23 bits per heavy atom. The van der Waals surface area contributed by atoms with E-state index >= 15 is 0 Å². The average molecular weight is 607 g/mol. The van der Waals surface area contributed by atoms with Gasteiger partial charge in [-0.2, -0.15) is 0 Å². The van der Waals surface area contributed by atoms with Gasteiger partial charge in [0, 0.05) is 17.2 Å². The van der Waals surface area contributed by atoms with Crippen LogP contribution in [0.25, 0.3) is 5.76 Å². The second-order valence-electron chi connectivity index (χ2n) is 11.6. The summed E-state index contributed by atoms with van der Waals surface area (Å²) in [6.07, 6.45) is -0.877. The molecule has 0 bridgehead atoms. The summed E-state index contributed by atoms with van der Waals surface area (Å²) in [4.78, 5) is 53.5. The standard InChI is InChI=1S/C31H34N4O9/c1-5-13-6-8-14(9-7-13)33-30(43)34-16-11-10-15-12(2)17-19(24(37)18(15)23(16)36)27(40)31(44)21(25(17)38)22(35(3)4)26(39)20(28(31)41)29(32)42/h6-12,17,21-22,25,36-38,41,44H,5H2,1-4H3,(H2,32,42)(H2,33,34,43). The highest BCUT2D eigenvalue weighted by Gasteiger charge is 2.68. The summed E-state index contributed by atoms with van der Waals surface area (Å²) in [7, 11) is 2.87. The number of carbonyl (C=O) groups is 4. The van der Waals surface area contributed by atoms with E-state index in [0.717, 1.165) is 12.0 Å². The number of benzene rings is 2. The number of amides is 3. The zero-order valence-electron chi connectivity index (χ0n) is 24.5. The van der Waals surface area contributed by atoms with Crippen molar-refractivity contribution >= 4 is 40.6 Å². The second kappa shape index (κ2) is 10.8. The number of Topliss-reactive ketones (excluding diaryl/α,β-unsaturated/α-hetero) is 2. The van der Waals surface area contributed by atoms with Crippen molar-refractivity contribution < 1.29 is 44.7 Å². The van der Waals surface area contributed by atoms with Crippen LogP contribution in [0.1, 0.15) is 36.5 Å². The summed E-state index contributed by atoms with van der Waals surface area (Å²) in [5.74, 6) is -9.94. The first kappa shape index (κ1) is 30.7. The first-order valence-electron chi connectivity index (χ1n) is 14.0. The SMILES string of the molecule is CCc1ccc(NC(=O)Nc2ccc3c(c2O)C(O)=C2C(=O)C4(O)C(O)=C(C(N)=O)C(=O)C(N(C)C)C4C(O)C2C3C)cc1. The van der Waals surface area contributed by atoms with Gasteiger partial charge in [-0.25, -0.2) is 4.79 Å². The molecule has 1 saturated carbocycles. The van der Waals surface area contributed by atoms with E-state index in [9.17, 15) is 44.7 Å². The molecule has 2 aromatic rings. The molecule has 9 N–H and O–H groups in total. The van der Waals surface area contributed by atoms with Crippen molar-refractivity contribution in [1.29, 1.82) is 0 Å². The lowest BCUT2D eigenvalue weighted by Gasteiger charge is -2.53. The number of primary amides is 1. The minimum atomic E-state index is -3.01. The van der Waals surface area contributed by atoms with Crippen LogP contribution >= 0.6 is 0 Å². The fourth-order valence-electron chi connectivity index (χ4n) is 6.83. The van der Waals surface area contributed by atoms with Crippen molar-refractivity contribution in [2.24, 2.45) is 17.6 Å². The summed E-state index contributed by atoms with van der Waals surface area (Å²) in [6.45, 7) is 3.62. The van der Waals surface area contributed by atoms with E-state index < -0.39 is 87.4 Å². The van der Waals surface area contributed by atoms with E-state index in [0.29, 0.717) is 11.3 Å². The number of ketones is 2. The molecule has 0 radical (unpaired) electrons. The Kier molecular flexibility index (Phi) is 7.52. The van der Waals surface area contributed by atoms with Gasteiger partial charge in [0.15, 0.2) is 11.4 Å². The van der Waals surface area contributed by atoms with Crippen LogP contribution in [-0.4, -0.2) is 85.8 Å². The van der Waals surface area contributed by atoms with E-state index in [4.69, 9.17) is 5.73 Å². The van der Waals surface area contributed by atoms with Crippen LogP contribution in [0.15, 0.2) is 53.3 Å². The molecule has 0 heterocycles. The van der Waals surface area contributed by atoms with Gasteiger partial charge in [0.1, 0.15) is 22.8 Å². The Bertz CT molecular complexity index is 1660. The molecule has 6 unspecified atom stereocenters. The number of aliphatic hydroxyl groups is 4. The highest BCUT2D eigenvalue weighted by Crippen LogP contribution is 2.56. The molecule has 1 fully saturated rings. The number of urea groups is 1. The highest BCUT2D eigenvalue weighted by atomic mass is 16.4. The first-order chi connectivity index (χ1) is 20.7. The maximum absolute atomic E-state index is 14.1. The van der Waals surface area contributed by atoms with E-state index in [-0.39, 0.29) is 11.3 Å². The van der Waals surface area contributed by atoms with Crippen LogP contribution in [0.4, 0.5) is 16.2 Å². The topological polar surface area (TPSA) is 223 Å². The van der Waals surface area contributed by atoms with Crippen molar-refractivity contribution in [2.75, 3.05) is 24.7 Å². The number of nitrogens with two attached hydrogens (primary N) is 1. The summed E-state index contributed by atoms with van der Waals surface area (Å²) in [6, 6.07) is 7.91. The molecule has 5 rings (SSSR count). The number of anilines is 2. The number of fused-ring (bicyclic) bond motifs is 3. The summed E-state index contributed by atoms with van der Waals surface area (Å²) < 4.78 is 0. The molecule has 0 spiro atoms. The molecule has 13 heteroatoms. The van der Waals surface area contributed by atoms with Gasteiger partial charge in [-0.15, -0.1) is 0 Å². The molecule has 13 nitrogen and oxygen atoms in total. The number of hydrogen-bond donors (Lipinski definition) is 8. The lowest BCUT2D eigenvalue weighted by atomic mass is 9.54. The van der Waals surface area contributed by atoms with Gasteiger partial charge in [0.05, 0.1) is 29.3 Å². The molecule has 0 saturated heterocycles. The summed E-state index contributed by atoms with van der Waals surface area (Å²) in [5, 5.41) is 62.3. The van der Waals surface area contributed by atoms with Crippen molar-refractivity contribution in [3.8, 4) is 5.75 Å². The monoisotopic (exact) mass is 606 g/mol. The molecule has 2 aromatic carbocycles. The number of nitrogens with zero attached hydrogens (tertiary/aromatic N) is 1. The van der Waals surface area contributed by atoms with Crippen LogP contribution in [0.3, 0.4) is 0 Å². The highest BCUT2D eigenvalue weighted by molar-refractivity contribution is 6.24. The smallest absolute Gasteiger partial charge is 0.323 e. The third kappa shape index (κ3) is 4.34. The minimum absolute atomic E-state index is 0.112. The molecule has 0 aliphatic heterocycles. The zero-order valence-corrected chi connectivity index (χ0v) is 24.5. The normalized spacial score (nSPS) is 27.9. The molecule has 6 atom stereocenters. The van der Waals surface area contributed by atoms with E-state index in [1.165, 1.54) is 31.1 Å². The molecule has 0 aromatic heterocycles. The number of hydrogen-bond acceptors (Lipinski definition) is 10. The number of aliphatic hydroxyl groups excluding tert-OH is 3. The van der Waals surface area contributed by atoms with Gasteiger partial charge >= 0.3 is 6.03 Å². The number of phenolic OH excluding ortho intramolecular Hbond substituents is 1. The van der Waals surface area contributed by atoms with Gasteiger partial charge in [0.2, 0.25) is 5.78 Å². The minimum Gasteiger partial charge on any atom is -0.508 e. The molecular weight excluding hydrogens is 572 g/mol. The van der Waals surface area contributed by atoms with Crippen molar-refractivity contribution in [1.82, 2.24) is 4.90 Å². The van der Waals surface area contributed by atoms with Crippen LogP contribution in [0, 0.1) is 11.8 Å². The number of nitrogens with one attached hydrogen (secondary N) is 2. The summed E-state index contributed by atoms with van der Waals surface area (Å²) >= 11 is 0. The number of likely N-dealkylation sites (N-methyl/N-ethyl adjacent to an activating group) is 1. The van der Waals surface area contributed by atoms with E-state index in [1.807, 2.05) is 19.1 Å². The van der Waals surface area contributed by atoms with Gasteiger partial charge < -0.3 is 41.9 Å². The lowest BCUT2D eigenvalue weighted by Crippen LogP contribution is -2.70. The van der Waals surface area contributed by atoms with Gasteiger partial charge in [-0.3, -0.25) is 19.3 Å². The van der Waals surface area contributed by atoms with Gasteiger partial charge in [0.25, 0.3) is 5.91 Å². The molecule has 3 amide bonds. The van der Waals surface area contributed by atoms with E-state index in [1.54, 1.807) is 19.1 Å². The Labute approximate surface area is 252 Å². The Morgan fingerprint density at radius 1 is 1.02 bits per heavy atom. The Balaban J connectivity index is 1.60. The molecule has 3 aliphatic rings. The average Bonchev–Trinajstić information content (AvgIpc) is 2.96. The van der Waals surface area contributed by atoms with E-state index in [2.05, 4.69) is 10.6 Å². The zero-order chi connectivity index (χ0) is 32.4. The molecular formula is C31H34N4O9. The molecule has 232 valence electrons. The fraction of sp³-hybridized carbons (Fsp3) is 0.355. The fourth-order valence-corrected chi connectivity index (χ4v) is 6.83. The maximum Gasteiger partial charge on any atom is 0.323 e. The van der Waals surface area contributed by atoms with Crippen molar-refractivity contribution in [3.05, 3.63) is 70.0 Å². The number of rotatable bonds is 5. The summed E-state index contributed by atoms with van der Waals surface area (Å²) in [5.41, 5.74) is 2.35. The molecule has 44 heavy (non-hydrogen) atoms. The first-order valence-corrected chi connectivity index (χ1v) is 14.0. The third-order valence-corrected chi connectivity index (χ3v) is 9.00. The van der Waals surface area contributed by atoms with Gasteiger partial charge in [-0.05, 0) is 55.8 Å². The van der Waals surface area contributed by atoms with Gasteiger partial charge in [-0.1, -0.05) is 32.0 Å². The van der Waals surface area contributed by atoms with Crippen LogP contribution in [0.5, 0.6) is 5.75 Å². The number of phenols is 1. The van der Waals surface area contributed by atoms with Crippen molar-refractivity contribution in [2.45, 2.75) is 43.9 Å². The maximum atomic E-state index is 14.1. The predicted molar refractivity (Wildman–Crippen MR) is 159 cm³/mol. The van der Waals surface area contributed by atoms with Crippen LogP contribution in [-0.2, 0) is 20.8 Å². The Morgan fingerprint density at radius 2 is 1.66 bits per heavy atom. The third-order valence-electron chi connectivity index (χ3n) is 9.00. The lowest BCUT2D eigenvalue weighted by molar-refractivity contribution is -0.169. The number of carbonyl (C=O) groups excluding carboxylic acids is 4. The van der Waals surface area contributed by atoms with Crippen LogP contribution in [0.2, 0.25) is 0 Å². The quantitative estimate of drug-likeness (QED) is 0.182.